The molecule has 0 saturated heterocycles. The number of nitrogens with zero attached hydrogens (tertiary/aromatic N) is 1. The number of hydrogen-bond donors (Lipinski definition) is 1. The molecular formula is C7H2ClF2IN2. The number of aromatic nitrogens is 2. The summed E-state index contributed by atoms with van der Waals surface area (Å²) in [5.74, 6) is -1.45. The zero-order chi connectivity index (χ0) is 9.59. The Morgan fingerprint density at radius 2 is 2.08 bits per heavy atom. The van der Waals surface area contributed by atoms with Crippen molar-refractivity contribution in [3.05, 3.63) is 26.4 Å². The van der Waals surface area contributed by atoms with E-state index in [1.54, 1.807) is 0 Å². The van der Waals surface area contributed by atoms with Gasteiger partial charge in [0.2, 0.25) is 0 Å². The fraction of sp³-hybridized carbons (Fsp3) is 0. The molecule has 1 aromatic carbocycles. The van der Waals surface area contributed by atoms with Crippen LogP contribution in [0.1, 0.15) is 0 Å². The molecule has 0 radical (unpaired) electrons. The largest absolute Gasteiger partial charge is 0.271 e. The first-order valence-electron chi connectivity index (χ1n) is 3.28. The number of hydrogen-bond acceptors (Lipinski definition) is 1. The number of aromatic amines is 1. The fourth-order valence-corrected chi connectivity index (χ4v) is 1.88. The van der Waals surface area contributed by atoms with Crippen molar-refractivity contribution in [2.24, 2.45) is 0 Å². The molecular weight excluding hydrogens is 312 g/mol. The molecule has 2 aromatic rings. The number of halogens is 4. The van der Waals surface area contributed by atoms with Crippen LogP contribution in [0, 0.1) is 15.3 Å². The van der Waals surface area contributed by atoms with Crippen LogP contribution in [0.25, 0.3) is 10.9 Å². The number of nitrogens with one attached hydrogen (secondary N) is 1. The molecule has 0 aliphatic carbocycles. The van der Waals surface area contributed by atoms with Gasteiger partial charge in [-0.05, 0) is 22.6 Å². The van der Waals surface area contributed by atoms with Crippen LogP contribution in [0.4, 0.5) is 8.78 Å². The minimum atomic E-state index is -0.797. The van der Waals surface area contributed by atoms with Crippen molar-refractivity contribution in [3.63, 3.8) is 0 Å². The molecule has 0 amide bonds. The molecule has 0 spiro atoms. The van der Waals surface area contributed by atoms with E-state index in [1.807, 2.05) is 22.6 Å². The minimum absolute atomic E-state index is 0.128. The summed E-state index contributed by atoms with van der Waals surface area (Å²) >= 11 is 7.45. The first-order chi connectivity index (χ1) is 6.11. The van der Waals surface area contributed by atoms with E-state index in [2.05, 4.69) is 10.2 Å². The van der Waals surface area contributed by atoms with E-state index in [9.17, 15) is 8.78 Å². The van der Waals surface area contributed by atoms with Crippen LogP contribution in [0.15, 0.2) is 6.07 Å². The van der Waals surface area contributed by atoms with Crippen molar-refractivity contribution >= 4 is 45.1 Å². The molecule has 1 N–H and O–H groups in total. The van der Waals surface area contributed by atoms with Gasteiger partial charge in [-0.2, -0.15) is 5.10 Å². The summed E-state index contributed by atoms with van der Waals surface area (Å²) in [4.78, 5) is 0. The number of rotatable bonds is 0. The van der Waals surface area contributed by atoms with Gasteiger partial charge >= 0.3 is 0 Å². The highest BCUT2D eigenvalue weighted by Crippen LogP contribution is 2.29. The van der Waals surface area contributed by atoms with Crippen molar-refractivity contribution < 1.29 is 8.78 Å². The average Bonchev–Trinajstić information content (AvgIpc) is 2.44. The van der Waals surface area contributed by atoms with Gasteiger partial charge in [0.25, 0.3) is 0 Å². The van der Waals surface area contributed by atoms with Gasteiger partial charge in [-0.1, -0.05) is 11.6 Å². The number of H-pyrrole nitrogens is 1. The van der Waals surface area contributed by atoms with Gasteiger partial charge in [-0.15, -0.1) is 0 Å². The highest BCUT2D eigenvalue weighted by atomic mass is 127. The van der Waals surface area contributed by atoms with Gasteiger partial charge in [0.15, 0.2) is 0 Å². The normalized spacial score (nSPS) is 11.1. The first-order valence-corrected chi connectivity index (χ1v) is 4.74. The van der Waals surface area contributed by atoms with Gasteiger partial charge in [0.1, 0.15) is 25.9 Å². The van der Waals surface area contributed by atoms with Crippen molar-refractivity contribution in [2.45, 2.75) is 0 Å². The molecule has 0 saturated carbocycles. The zero-order valence-electron chi connectivity index (χ0n) is 6.04. The lowest BCUT2D eigenvalue weighted by atomic mass is 10.2. The molecule has 0 aliphatic rings. The van der Waals surface area contributed by atoms with Crippen LogP contribution in [0.3, 0.4) is 0 Å². The highest BCUT2D eigenvalue weighted by Gasteiger charge is 2.15. The van der Waals surface area contributed by atoms with E-state index in [4.69, 9.17) is 11.6 Å². The van der Waals surface area contributed by atoms with Gasteiger partial charge in [0.05, 0.1) is 5.39 Å². The lowest BCUT2D eigenvalue weighted by Crippen LogP contribution is -1.84. The third-order valence-electron chi connectivity index (χ3n) is 1.63. The second-order valence-electron chi connectivity index (χ2n) is 2.42. The lowest BCUT2D eigenvalue weighted by Gasteiger charge is -1.96. The SMILES string of the molecule is Fc1cc(F)c2c(I)[nH]nc2c1Cl. The quantitative estimate of drug-likeness (QED) is 0.587. The third kappa shape index (κ3) is 1.30. The molecule has 13 heavy (non-hydrogen) atoms. The van der Waals surface area contributed by atoms with E-state index in [0.29, 0.717) is 3.70 Å². The van der Waals surface area contributed by atoms with Crippen molar-refractivity contribution in [1.29, 1.82) is 0 Å². The van der Waals surface area contributed by atoms with Crippen LogP contribution in [0.2, 0.25) is 5.02 Å². The Bertz CT molecular complexity index is 483. The average molecular weight is 314 g/mol. The summed E-state index contributed by atoms with van der Waals surface area (Å²) in [6.45, 7) is 0. The van der Waals surface area contributed by atoms with Crippen molar-refractivity contribution in [2.75, 3.05) is 0 Å². The molecule has 0 bridgehead atoms. The van der Waals surface area contributed by atoms with Gasteiger partial charge in [0, 0.05) is 6.07 Å². The van der Waals surface area contributed by atoms with Crippen LogP contribution in [0.5, 0.6) is 0 Å². The number of fused-ring (bicyclic) bond motifs is 1. The summed E-state index contributed by atoms with van der Waals surface area (Å²) in [5.41, 5.74) is 0.128. The predicted molar refractivity (Wildman–Crippen MR) is 53.7 cm³/mol. The lowest BCUT2D eigenvalue weighted by molar-refractivity contribution is 0.592. The van der Waals surface area contributed by atoms with Gasteiger partial charge in [-0.25, -0.2) is 8.78 Å². The predicted octanol–water partition coefficient (Wildman–Crippen LogP) is 3.10. The number of benzene rings is 1. The van der Waals surface area contributed by atoms with E-state index < -0.39 is 11.6 Å². The maximum absolute atomic E-state index is 13.2. The Balaban J connectivity index is 2.99. The molecule has 0 atom stereocenters. The Morgan fingerprint density at radius 1 is 1.38 bits per heavy atom. The van der Waals surface area contributed by atoms with Gasteiger partial charge < -0.3 is 0 Å². The summed E-state index contributed by atoms with van der Waals surface area (Å²) in [6, 6.07) is 0.752. The Kier molecular flexibility index (Phi) is 2.15. The monoisotopic (exact) mass is 314 g/mol. The van der Waals surface area contributed by atoms with E-state index in [1.165, 1.54) is 0 Å². The standard InChI is InChI=1S/C7H2ClF2IN2/c8-5-3(10)1-2(9)4-6(5)12-13-7(4)11/h1H,(H,12,13). The van der Waals surface area contributed by atoms with Crippen LogP contribution in [-0.4, -0.2) is 10.2 Å². The second-order valence-corrected chi connectivity index (χ2v) is 3.87. The Labute approximate surface area is 90.4 Å². The van der Waals surface area contributed by atoms with Crippen molar-refractivity contribution in [1.82, 2.24) is 10.2 Å². The van der Waals surface area contributed by atoms with Crippen molar-refractivity contribution in [3.8, 4) is 0 Å². The molecule has 6 heteroatoms. The summed E-state index contributed by atoms with van der Waals surface area (Å²) in [6.07, 6.45) is 0. The maximum atomic E-state index is 13.2. The van der Waals surface area contributed by atoms with Crippen LogP contribution >= 0.6 is 34.2 Å². The fourth-order valence-electron chi connectivity index (χ4n) is 1.06. The second kappa shape index (κ2) is 3.06. The van der Waals surface area contributed by atoms with Gasteiger partial charge in [-0.3, -0.25) is 5.10 Å². The Hall–Kier alpha value is -0.430. The summed E-state index contributed by atoms with van der Waals surface area (Å²) < 4.78 is 26.6. The van der Waals surface area contributed by atoms with E-state index in [-0.39, 0.29) is 15.9 Å². The van der Waals surface area contributed by atoms with Crippen LogP contribution < -0.4 is 0 Å². The topological polar surface area (TPSA) is 28.7 Å². The molecule has 2 nitrogen and oxygen atoms in total. The molecule has 0 fully saturated rings. The van der Waals surface area contributed by atoms with E-state index >= 15 is 0 Å². The Morgan fingerprint density at radius 3 is 2.77 bits per heavy atom. The summed E-state index contributed by atoms with van der Waals surface area (Å²) in [5, 5.41) is 6.30. The molecule has 68 valence electrons. The molecule has 1 heterocycles. The van der Waals surface area contributed by atoms with E-state index in [0.717, 1.165) is 6.07 Å². The third-order valence-corrected chi connectivity index (χ3v) is 2.77. The van der Waals surface area contributed by atoms with Crippen LogP contribution in [-0.2, 0) is 0 Å². The highest BCUT2D eigenvalue weighted by molar-refractivity contribution is 14.1. The molecule has 2 rings (SSSR count). The molecule has 1 aromatic heterocycles. The first kappa shape index (κ1) is 9.14. The molecule has 0 aliphatic heterocycles. The smallest absolute Gasteiger partial charge is 0.147 e. The zero-order valence-corrected chi connectivity index (χ0v) is 8.95. The molecule has 0 unspecified atom stereocenters. The maximum Gasteiger partial charge on any atom is 0.147 e. The summed E-state index contributed by atoms with van der Waals surface area (Å²) in [7, 11) is 0. The minimum Gasteiger partial charge on any atom is -0.271 e.